The van der Waals surface area contributed by atoms with E-state index in [1.54, 1.807) is 17.9 Å². The number of amides is 2. The molecule has 1 aromatic heterocycles. The minimum Gasteiger partial charge on any atom is -0.491 e. The van der Waals surface area contributed by atoms with E-state index in [2.05, 4.69) is 10.5 Å². The molecule has 0 atom stereocenters. The number of nitrogens with one attached hydrogen (secondary N) is 1. The molecule has 0 radical (unpaired) electrons. The number of likely N-dealkylation sites (tertiary alicyclic amines) is 1. The second kappa shape index (κ2) is 9.05. The molecule has 2 aromatic rings. The first-order valence-electron chi connectivity index (χ1n) is 9.02. The van der Waals surface area contributed by atoms with Crippen LogP contribution in [0.1, 0.15) is 25.0 Å². The number of hydrogen-bond donors (Lipinski definition) is 1. The van der Waals surface area contributed by atoms with E-state index in [0.29, 0.717) is 43.3 Å². The van der Waals surface area contributed by atoms with Crippen molar-refractivity contribution in [2.45, 2.75) is 26.2 Å². The summed E-state index contributed by atoms with van der Waals surface area (Å²) >= 11 is 5.89. The molecule has 2 amide bonds. The highest BCUT2D eigenvalue weighted by molar-refractivity contribution is 6.32. The van der Waals surface area contributed by atoms with Crippen molar-refractivity contribution < 1.29 is 23.2 Å². The maximum absolute atomic E-state index is 13.0. The van der Waals surface area contributed by atoms with Crippen molar-refractivity contribution in [3.05, 3.63) is 40.9 Å². The molecule has 1 fully saturated rings. The van der Waals surface area contributed by atoms with Crippen LogP contribution in [-0.4, -0.2) is 41.6 Å². The fourth-order valence-corrected chi connectivity index (χ4v) is 3.27. The maximum atomic E-state index is 13.0. The Morgan fingerprint density at radius 1 is 1.36 bits per heavy atom. The monoisotopic (exact) mass is 409 g/mol. The molecule has 1 N–H and O–H groups in total. The summed E-state index contributed by atoms with van der Waals surface area (Å²) in [6.45, 7) is 2.91. The van der Waals surface area contributed by atoms with Crippen LogP contribution in [0.5, 0.6) is 5.75 Å². The first kappa shape index (κ1) is 20.1. The number of aryl methyl sites for hydroxylation is 1. The minimum atomic E-state index is -0.445. The third-order valence-corrected chi connectivity index (χ3v) is 4.86. The van der Waals surface area contributed by atoms with E-state index >= 15 is 0 Å². The summed E-state index contributed by atoms with van der Waals surface area (Å²) in [5.74, 6) is 0.583. The van der Waals surface area contributed by atoms with Crippen LogP contribution >= 0.6 is 11.6 Å². The molecule has 1 aliphatic rings. The average molecular weight is 410 g/mol. The Hall–Kier alpha value is -2.61. The number of hydrogen-bond acceptors (Lipinski definition) is 5. The van der Waals surface area contributed by atoms with Crippen molar-refractivity contribution in [3.63, 3.8) is 0 Å². The first-order valence-corrected chi connectivity index (χ1v) is 9.40. The van der Waals surface area contributed by atoms with Crippen LogP contribution in [0, 0.1) is 18.7 Å². The van der Waals surface area contributed by atoms with E-state index in [9.17, 15) is 14.0 Å². The van der Waals surface area contributed by atoms with E-state index in [-0.39, 0.29) is 35.8 Å². The van der Waals surface area contributed by atoms with Crippen LogP contribution < -0.4 is 10.1 Å². The van der Waals surface area contributed by atoms with Gasteiger partial charge in [0.25, 0.3) is 0 Å². The minimum absolute atomic E-state index is 0.0516. The zero-order chi connectivity index (χ0) is 20.1. The third kappa shape index (κ3) is 5.22. The highest BCUT2D eigenvalue weighted by Gasteiger charge is 2.27. The number of ether oxygens (including phenoxy) is 1. The van der Waals surface area contributed by atoms with E-state index in [4.69, 9.17) is 20.9 Å². The number of rotatable bonds is 6. The molecule has 0 aliphatic carbocycles. The number of halogens is 2. The largest absolute Gasteiger partial charge is 0.491 e. The Balaban J connectivity index is 1.40. The number of piperidine rings is 1. The summed E-state index contributed by atoms with van der Waals surface area (Å²) in [5, 5.41) is 6.65. The van der Waals surface area contributed by atoms with Gasteiger partial charge in [0.05, 0.1) is 18.1 Å². The number of benzene rings is 1. The highest BCUT2D eigenvalue weighted by Crippen LogP contribution is 2.25. The molecule has 7 nitrogen and oxygen atoms in total. The zero-order valence-electron chi connectivity index (χ0n) is 15.4. The number of carbonyl (C=O) groups excluding carboxylic acids is 2. The van der Waals surface area contributed by atoms with Gasteiger partial charge in [-0.2, -0.15) is 0 Å². The van der Waals surface area contributed by atoms with Gasteiger partial charge < -0.3 is 19.5 Å². The first-order chi connectivity index (χ1) is 13.4. The number of carbonyl (C=O) groups is 2. The Morgan fingerprint density at radius 3 is 2.75 bits per heavy atom. The molecule has 2 heterocycles. The van der Waals surface area contributed by atoms with Crippen molar-refractivity contribution >= 4 is 29.2 Å². The van der Waals surface area contributed by atoms with E-state index in [0.717, 1.165) is 6.07 Å². The second-order valence-corrected chi connectivity index (χ2v) is 7.05. The van der Waals surface area contributed by atoms with Crippen molar-refractivity contribution in [2.24, 2.45) is 5.92 Å². The lowest BCUT2D eigenvalue weighted by Crippen LogP contribution is -2.41. The molecule has 0 unspecified atom stereocenters. The quantitative estimate of drug-likeness (QED) is 0.790. The summed E-state index contributed by atoms with van der Waals surface area (Å²) in [7, 11) is 0. The van der Waals surface area contributed by atoms with E-state index < -0.39 is 5.82 Å². The highest BCUT2D eigenvalue weighted by atomic mass is 35.5. The lowest BCUT2D eigenvalue weighted by Gasteiger charge is -2.31. The average Bonchev–Trinajstić information content (AvgIpc) is 3.08. The molecule has 28 heavy (non-hydrogen) atoms. The van der Waals surface area contributed by atoms with Crippen molar-refractivity contribution in [1.82, 2.24) is 10.1 Å². The number of anilines is 1. The van der Waals surface area contributed by atoms with Gasteiger partial charge in [-0.1, -0.05) is 16.8 Å². The van der Waals surface area contributed by atoms with Gasteiger partial charge in [0.1, 0.15) is 17.3 Å². The molecular formula is C19H21ClFN3O4. The van der Waals surface area contributed by atoms with Gasteiger partial charge in [-0.05, 0) is 38.0 Å². The summed E-state index contributed by atoms with van der Waals surface area (Å²) < 4.78 is 23.4. The van der Waals surface area contributed by atoms with Gasteiger partial charge in [-0.3, -0.25) is 9.59 Å². The number of nitrogens with zero attached hydrogens (tertiary/aromatic N) is 2. The standard InChI is InChI=1S/C19H21ClFN3O4/c1-12-10-17(23-28-12)22-19(26)13-4-7-24(8-5-13)18(25)6-9-27-16-3-2-14(21)11-15(16)20/h2-3,10-11,13H,4-9H2,1H3,(H,22,23,26). The predicted molar refractivity (Wildman–Crippen MR) is 101 cm³/mol. The zero-order valence-corrected chi connectivity index (χ0v) is 16.2. The summed E-state index contributed by atoms with van der Waals surface area (Å²) in [6.07, 6.45) is 1.35. The van der Waals surface area contributed by atoms with Crippen molar-refractivity contribution in [3.8, 4) is 5.75 Å². The topological polar surface area (TPSA) is 84.7 Å². The maximum Gasteiger partial charge on any atom is 0.228 e. The van der Waals surface area contributed by atoms with Crippen LogP contribution in [-0.2, 0) is 9.59 Å². The fraction of sp³-hybridized carbons (Fsp3) is 0.421. The molecule has 1 aromatic carbocycles. The fourth-order valence-electron chi connectivity index (χ4n) is 3.04. The third-order valence-electron chi connectivity index (χ3n) is 4.57. The van der Waals surface area contributed by atoms with Gasteiger partial charge >= 0.3 is 0 Å². The predicted octanol–water partition coefficient (Wildman–Crippen LogP) is 3.42. The molecule has 0 spiro atoms. The van der Waals surface area contributed by atoms with Crippen LogP contribution in [0.25, 0.3) is 0 Å². The smallest absolute Gasteiger partial charge is 0.228 e. The van der Waals surface area contributed by atoms with Gasteiger partial charge in [0.2, 0.25) is 11.8 Å². The molecule has 3 rings (SSSR count). The molecule has 9 heteroatoms. The van der Waals surface area contributed by atoms with Crippen LogP contribution in [0.3, 0.4) is 0 Å². The van der Waals surface area contributed by atoms with Crippen molar-refractivity contribution in [2.75, 3.05) is 25.0 Å². The number of aromatic nitrogens is 1. The second-order valence-electron chi connectivity index (χ2n) is 6.64. The molecular weight excluding hydrogens is 389 g/mol. The summed E-state index contributed by atoms with van der Waals surface area (Å²) in [4.78, 5) is 26.3. The van der Waals surface area contributed by atoms with Gasteiger partial charge in [-0.15, -0.1) is 0 Å². The van der Waals surface area contributed by atoms with Crippen LogP contribution in [0.2, 0.25) is 5.02 Å². The van der Waals surface area contributed by atoms with Crippen LogP contribution in [0.4, 0.5) is 10.2 Å². The molecule has 0 bridgehead atoms. The lowest BCUT2D eigenvalue weighted by atomic mass is 9.95. The molecule has 150 valence electrons. The molecule has 1 saturated heterocycles. The Labute approximate surface area is 166 Å². The van der Waals surface area contributed by atoms with Gasteiger partial charge in [0, 0.05) is 25.1 Å². The Morgan fingerprint density at radius 2 is 2.11 bits per heavy atom. The van der Waals surface area contributed by atoms with Gasteiger partial charge in [-0.25, -0.2) is 4.39 Å². The molecule has 0 saturated carbocycles. The van der Waals surface area contributed by atoms with Crippen molar-refractivity contribution in [1.29, 1.82) is 0 Å². The Bertz CT molecular complexity index is 849. The summed E-state index contributed by atoms with van der Waals surface area (Å²) in [6, 6.07) is 5.50. The Kier molecular flexibility index (Phi) is 6.51. The summed E-state index contributed by atoms with van der Waals surface area (Å²) in [5.41, 5.74) is 0. The SMILES string of the molecule is Cc1cc(NC(=O)C2CCN(C(=O)CCOc3ccc(F)cc3Cl)CC2)no1. The normalized spacial score (nSPS) is 14.8. The van der Waals surface area contributed by atoms with Gasteiger partial charge in [0.15, 0.2) is 5.82 Å². The lowest BCUT2D eigenvalue weighted by molar-refractivity contribution is -0.135. The van der Waals surface area contributed by atoms with E-state index in [1.165, 1.54) is 12.1 Å². The molecule has 1 aliphatic heterocycles. The van der Waals surface area contributed by atoms with E-state index in [1.807, 2.05) is 0 Å². The van der Waals surface area contributed by atoms with Crippen LogP contribution in [0.15, 0.2) is 28.8 Å².